The van der Waals surface area contributed by atoms with Crippen LogP contribution < -0.4 is 11.1 Å². The van der Waals surface area contributed by atoms with Crippen molar-refractivity contribution in [3.63, 3.8) is 0 Å². The van der Waals surface area contributed by atoms with Gasteiger partial charge in [0.15, 0.2) is 0 Å². The number of hydrogen-bond acceptors (Lipinski definition) is 5. The normalized spacial score (nSPS) is 11.3. The molecular weight excluding hydrogens is 302 g/mol. The van der Waals surface area contributed by atoms with Gasteiger partial charge in [0.05, 0.1) is 18.5 Å². The lowest BCUT2D eigenvalue weighted by Gasteiger charge is -2.17. The lowest BCUT2D eigenvalue weighted by molar-refractivity contribution is -0.143. The minimum Gasteiger partial charge on any atom is -0.468 e. The summed E-state index contributed by atoms with van der Waals surface area (Å²) < 4.78 is 4.85. The number of halogens is 1. The van der Waals surface area contributed by atoms with E-state index in [0.717, 1.165) is 11.3 Å². The number of esters is 1. The molecule has 6 heteroatoms. The number of carbonyl (C=O) groups is 1. The quantitative estimate of drug-likeness (QED) is 0.795. The van der Waals surface area contributed by atoms with E-state index in [0.29, 0.717) is 18.7 Å². The summed E-state index contributed by atoms with van der Waals surface area (Å²) in [5.41, 5.74) is 8.24. The van der Waals surface area contributed by atoms with Crippen LogP contribution in [0.1, 0.15) is 11.3 Å². The van der Waals surface area contributed by atoms with Crippen molar-refractivity contribution in [3.05, 3.63) is 59.9 Å². The third-order valence-electron chi connectivity index (χ3n) is 3.21. The Balaban J connectivity index is 0.00000242. The molecule has 0 radical (unpaired) electrons. The third-order valence-corrected chi connectivity index (χ3v) is 3.21. The van der Waals surface area contributed by atoms with Gasteiger partial charge in [-0.2, -0.15) is 0 Å². The van der Waals surface area contributed by atoms with Gasteiger partial charge in [-0.15, -0.1) is 12.4 Å². The average molecular weight is 322 g/mol. The van der Waals surface area contributed by atoms with E-state index in [9.17, 15) is 4.79 Å². The summed E-state index contributed by atoms with van der Waals surface area (Å²) in [6.45, 7) is 0.416. The molecule has 22 heavy (non-hydrogen) atoms. The van der Waals surface area contributed by atoms with Crippen molar-refractivity contribution in [1.82, 2.24) is 10.3 Å². The third kappa shape index (κ3) is 5.02. The Morgan fingerprint density at radius 2 is 2.00 bits per heavy atom. The highest BCUT2D eigenvalue weighted by Gasteiger charge is 2.19. The average Bonchev–Trinajstić information content (AvgIpc) is 2.53. The Hall–Kier alpha value is -2.11. The molecule has 0 bridgehead atoms. The van der Waals surface area contributed by atoms with Crippen LogP contribution in [0.4, 0.5) is 5.69 Å². The maximum absolute atomic E-state index is 11.9. The smallest absolute Gasteiger partial charge is 0.323 e. The molecule has 5 nitrogen and oxygen atoms in total. The highest BCUT2D eigenvalue weighted by atomic mass is 35.5. The molecule has 0 saturated heterocycles. The first-order chi connectivity index (χ1) is 10.2. The molecule has 1 aromatic carbocycles. The number of anilines is 1. The number of carbonyl (C=O) groups excluding carboxylic acids is 1. The topological polar surface area (TPSA) is 77.2 Å². The first-order valence-corrected chi connectivity index (χ1v) is 6.75. The fourth-order valence-corrected chi connectivity index (χ4v) is 2.05. The van der Waals surface area contributed by atoms with Crippen LogP contribution in [0.2, 0.25) is 0 Å². The number of benzene rings is 1. The predicted octanol–water partition coefficient (Wildman–Crippen LogP) is 1.96. The Morgan fingerprint density at radius 3 is 2.64 bits per heavy atom. The maximum Gasteiger partial charge on any atom is 0.323 e. The van der Waals surface area contributed by atoms with Gasteiger partial charge in [0.1, 0.15) is 6.04 Å². The fraction of sp³-hybridized carbons (Fsp3) is 0.250. The molecule has 1 unspecified atom stereocenters. The number of aromatic nitrogens is 1. The summed E-state index contributed by atoms with van der Waals surface area (Å²) >= 11 is 0. The molecule has 0 amide bonds. The number of nitrogens with zero attached hydrogens (tertiary/aromatic N) is 1. The van der Waals surface area contributed by atoms with Crippen LogP contribution in [0, 0.1) is 0 Å². The molecule has 0 fully saturated rings. The summed E-state index contributed by atoms with van der Waals surface area (Å²) in [7, 11) is 1.39. The number of hydrogen-bond donors (Lipinski definition) is 2. The van der Waals surface area contributed by atoms with Gasteiger partial charge in [-0.05, 0) is 24.1 Å². The van der Waals surface area contributed by atoms with Crippen molar-refractivity contribution in [2.45, 2.75) is 19.0 Å². The second-order valence-electron chi connectivity index (χ2n) is 4.69. The van der Waals surface area contributed by atoms with Crippen molar-refractivity contribution in [2.75, 3.05) is 12.8 Å². The van der Waals surface area contributed by atoms with Crippen LogP contribution in [0.3, 0.4) is 0 Å². The largest absolute Gasteiger partial charge is 0.468 e. The molecule has 0 aliphatic heterocycles. The summed E-state index contributed by atoms with van der Waals surface area (Å²) in [4.78, 5) is 16.1. The summed E-state index contributed by atoms with van der Waals surface area (Å²) in [6, 6.07) is 12.9. The maximum atomic E-state index is 11.9. The molecule has 1 heterocycles. The van der Waals surface area contributed by atoms with E-state index in [2.05, 4.69) is 10.3 Å². The van der Waals surface area contributed by atoms with E-state index in [1.54, 1.807) is 18.3 Å². The second kappa shape index (κ2) is 9.02. The highest BCUT2D eigenvalue weighted by Crippen LogP contribution is 2.09. The van der Waals surface area contributed by atoms with Crippen molar-refractivity contribution < 1.29 is 9.53 Å². The summed E-state index contributed by atoms with van der Waals surface area (Å²) in [5.74, 6) is -0.298. The summed E-state index contributed by atoms with van der Waals surface area (Å²) in [6.07, 6.45) is 2.23. The molecule has 0 spiro atoms. The Morgan fingerprint density at radius 1 is 1.27 bits per heavy atom. The molecular formula is C16H20ClN3O2. The van der Waals surface area contributed by atoms with Crippen molar-refractivity contribution in [1.29, 1.82) is 0 Å². The SMILES string of the molecule is COC(=O)C(Cc1ccccc1)NCc1ncccc1N.Cl. The molecule has 2 aromatic rings. The lowest BCUT2D eigenvalue weighted by atomic mass is 10.1. The van der Waals surface area contributed by atoms with Gasteiger partial charge >= 0.3 is 5.97 Å². The fourth-order valence-electron chi connectivity index (χ4n) is 2.05. The number of nitrogen functional groups attached to an aromatic ring is 1. The molecule has 2 rings (SSSR count). The van der Waals surface area contributed by atoms with E-state index >= 15 is 0 Å². The number of ether oxygens (including phenoxy) is 1. The monoisotopic (exact) mass is 321 g/mol. The number of nitrogens with two attached hydrogens (primary N) is 1. The van der Waals surface area contributed by atoms with Crippen LogP contribution >= 0.6 is 12.4 Å². The van der Waals surface area contributed by atoms with Gasteiger partial charge in [0, 0.05) is 12.7 Å². The Kier molecular flexibility index (Phi) is 7.36. The molecule has 0 saturated carbocycles. The van der Waals surface area contributed by atoms with Crippen LogP contribution in [0.5, 0.6) is 0 Å². The van der Waals surface area contributed by atoms with E-state index in [-0.39, 0.29) is 18.4 Å². The van der Waals surface area contributed by atoms with Gasteiger partial charge in [0.25, 0.3) is 0 Å². The highest BCUT2D eigenvalue weighted by molar-refractivity contribution is 5.85. The standard InChI is InChI=1S/C16H19N3O2.ClH/c1-21-16(20)14(10-12-6-3-2-4-7-12)19-11-15-13(17)8-5-9-18-15;/h2-9,14,19H,10-11,17H2,1H3;1H. The Bertz CT molecular complexity index is 593. The number of pyridine rings is 1. The van der Waals surface area contributed by atoms with Gasteiger partial charge < -0.3 is 10.5 Å². The van der Waals surface area contributed by atoms with E-state index in [4.69, 9.17) is 10.5 Å². The number of rotatable bonds is 6. The molecule has 0 aliphatic carbocycles. The zero-order chi connectivity index (χ0) is 15.1. The van der Waals surface area contributed by atoms with Crippen molar-refractivity contribution in [3.8, 4) is 0 Å². The van der Waals surface area contributed by atoms with Crippen molar-refractivity contribution >= 4 is 24.1 Å². The second-order valence-corrected chi connectivity index (χ2v) is 4.69. The predicted molar refractivity (Wildman–Crippen MR) is 88.7 cm³/mol. The van der Waals surface area contributed by atoms with Gasteiger partial charge in [-0.25, -0.2) is 0 Å². The number of nitrogens with one attached hydrogen (secondary N) is 1. The molecule has 3 N–H and O–H groups in total. The molecule has 118 valence electrons. The van der Waals surface area contributed by atoms with Gasteiger partial charge in [-0.3, -0.25) is 15.1 Å². The van der Waals surface area contributed by atoms with Crippen LogP contribution in [-0.2, 0) is 22.5 Å². The van der Waals surface area contributed by atoms with E-state index in [1.807, 2.05) is 30.3 Å². The van der Waals surface area contributed by atoms with Crippen LogP contribution in [0.15, 0.2) is 48.7 Å². The summed E-state index contributed by atoms with van der Waals surface area (Å²) in [5, 5.41) is 3.16. The van der Waals surface area contributed by atoms with Gasteiger partial charge in [-0.1, -0.05) is 30.3 Å². The van der Waals surface area contributed by atoms with Gasteiger partial charge in [0.2, 0.25) is 0 Å². The minimum atomic E-state index is -0.432. The first-order valence-electron chi connectivity index (χ1n) is 6.75. The molecule has 1 atom stereocenters. The van der Waals surface area contributed by atoms with E-state index in [1.165, 1.54) is 7.11 Å². The lowest BCUT2D eigenvalue weighted by Crippen LogP contribution is -2.39. The van der Waals surface area contributed by atoms with E-state index < -0.39 is 6.04 Å². The van der Waals surface area contributed by atoms with Crippen LogP contribution in [-0.4, -0.2) is 24.1 Å². The molecule has 1 aromatic heterocycles. The Labute approximate surface area is 136 Å². The zero-order valence-electron chi connectivity index (χ0n) is 12.4. The number of methoxy groups -OCH3 is 1. The van der Waals surface area contributed by atoms with Crippen LogP contribution in [0.25, 0.3) is 0 Å². The van der Waals surface area contributed by atoms with Crippen molar-refractivity contribution in [2.24, 2.45) is 0 Å². The first kappa shape index (κ1) is 17.9. The minimum absolute atomic E-state index is 0. The molecule has 0 aliphatic rings. The zero-order valence-corrected chi connectivity index (χ0v) is 13.2.